The molecule has 0 N–H and O–H groups in total. The summed E-state index contributed by atoms with van der Waals surface area (Å²) in [6.07, 6.45) is 2.42. The fourth-order valence-corrected chi connectivity index (χ4v) is 2.71. The molecule has 0 radical (unpaired) electrons. The minimum absolute atomic E-state index is 0.0422. The summed E-state index contributed by atoms with van der Waals surface area (Å²) in [5, 5.41) is 0. The van der Waals surface area contributed by atoms with Crippen molar-refractivity contribution in [3.05, 3.63) is 0 Å². The maximum absolute atomic E-state index is 12.1. The molecule has 0 unspecified atom stereocenters. The zero-order valence-corrected chi connectivity index (χ0v) is 9.84. The van der Waals surface area contributed by atoms with E-state index in [0.717, 1.165) is 19.3 Å². The summed E-state index contributed by atoms with van der Waals surface area (Å²) in [6, 6.07) is 0. The van der Waals surface area contributed by atoms with Crippen LogP contribution in [0.5, 0.6) is 0 Å². The van der Waals surface area contributed by atoms with Crippen molar-refractivity contribution in [2.24, 2.45) is 11.3 Å². The van der Waals surface area contributed by atoms with Gasteiger partial charge in [-0.2, -0.15) is 0 Å². The van der Waals surface area contributed by atoms with Gasteiger partial charge in [-0.15, -0.1) is 0 Å². The van der Waals surface area contributed by atoms with Crippen LogP contribution in [-0.4, -0.2) is 24.8 Å². The van der Waals surface area contributed by atoms with Gasteiger partial charge in [0, 0.05) is 24.2 Å². The van der Waals surface area contributed by atoms with Gasteiger partial charge in [-0.1, -0.05) is 20.8 Å². The van der Waals surface area contributed by atoms with E-state index in [9.17, 15) is 4.79 Å². The van der Waals surface area contributed by atoms with E-state index in [-0.39, 0.29) is 11.3 Å². The van der Waals surface area contributed by atoms with Gasteiger partial charge in [-0.3, -0.25) is 4.79 Å². The average Bonchev–Trinajstić information content (AvgIpc) is 2.60. The van der Waals surface area contributed by atoms with E-state index in [0.29, 0.717) is 19.0 Å². The summed E-state index contributed by atoms with van der Waals surface area (Å²) in [6.45, 7) is 7.38. The molecule has 3 nitrogen and oxygen atoms in total. The van der Waals surface area contributed by atoms with Gasteiger partial charge in [0.2, 0.25) is 0 Å². The minimum atomic E-state index is -0.456. The molecule has 0 aromatic carbocycles. The minimum Gasteiger partial charge on any atom is -0.348 e. The van der Waals surface area contributed by atoms with Gasteiger partial charge in [0.1, 0.15) is 5.78 Å². The van der Waals surface area contributed by atoms with E-state index in [1.54, 1.807) is 0 Å². The Hall–Kier alpha value is -0.410. The third kappa shape index (κ3) is 1.95. The van der Waals surface area contributed by atoms with Crippen molar-refractivity contribution >= 4 is 5.78 Å². The molecule has 1 heterocycles. The number of hydrogen-bond acceptors (Lipinski definition) is 3. The van der Waals surface area contributed by atoms with Crippen LogP contribution in [0.25, 0.3) is 0 Å². The molecule has 2 rings (SSSR count). The fourth-order valence-electron chi connectivity index (χ4n) is 2.71. The highest BCUT2D eigenvalue weighted by Crippen LogP contribution is 2.42. The summed E-state index contributed by atoms with van der Waals surface area (Å²) < 4.78 is 11.4. The Morgan fingerprint density at radius 1 is 1.20 bits per heavy atom. The summed E-state index contributed by atoms with van der Waals surface area (Å²) in [5.41, 5.74) is -0.224. The van der Waals surface area contributed by atoms with E-state index >= 15 is 0 Å². The summed E-state index contributed by atoms with van der Waals surface area (Å²) >= 11 is 0. The van der Waals surface area contributed by atoms with Crippen LogP contribution in [0.3, 0.4) is 0 Å². The van der Waals surface area contributed by atoms with Gasteiger partial charge in [-0.25, -0.2) is 0 Å². The highest BCUT2D eigenvalue weighted by Gasteiger charge is 2.46. The summed E-state index contributed by atoms with van der Waals surface area (Å²) in [4.78, 5) is 12.1. The van der Waals surface area contributed by atoms with Crippen molar-refractivity contribution in [1.29, 1.82) is 0 Å². The molecule has 86 valence electrons. The van der Waals surface area contributed by atoms with E-state index in [1.165, 1.54) is 0 Å². The number of Topliss-reactive ketones (excluding diaryl/α,β-unsaturated/α-hetero) is 1. The third-order valence-corrected chi connectivity index (χ3v) is 3.68. The largest absolute Gasteiger partial charge is 0.348 e. The van der Waals surface area contributed by atoms with Crippen molar-refractivity contribution in [3.63, 3.8) is 0 Å². The molecule has 1 saturated heterocycles. The number of hydrogen-bond donors (Lipinski definition) is 0. The van der Waals surface area contributed by atoms with Gasteiger partial charge in [0.25, 0.3) is 0 Å². The van der Waals surface area contributed by atoms with E-state index in [4.69, 9.17) is 9.47 Å². The zero-order valence-electron chi connectivity index (χ0n) is 9.84. The summed E-state index contributed by atoms with van der Waals surface area (Å²) in [7, 11) is 0. The number of carbonyl (C=O) groups is 1. The monoisotopic (exact) mass is 212 g/mol. The maximum atomic E-state index is 12.1. The van der Waals surface area contributed by atoms with E-state index in [2.05, 4.69) is 0 Å². The zero-order chi connectivity index (χ0) is 11.1. The Labute approximate surface area is 91.1 Å². The van der Waals surface area contributed by atoms with Crippen LogP contribution in [0, 0.1) is 11.3 Å². The molecule has 1 spiro atoms. The van der Waals surface area contributed by atoms with Crippen LogP contribution >= 0.6 is 0 Å². The topological polar surface area (TPSA) is 35.5 Å². The lowest BCUT2D eigenvalue weighted by molar-refractivity contribution is -0.171. The molecule has 2 fully saturated rings. The Balaban J connectivity index is 2.19. The lowest BCUT2D eigenvalue weighted by Crippen LogP contribution is -2.32. The molecular weight excluding hydrogens is 192 g/mol. The van der Waals surface area contributed by atoms with Crippen LogP contribution in [0.1, 0.15) is 40.0 Å². The van der Waals surface area contributed by atoms with Crippen LogP contribution in [0.15, 0.2) is 0 Å². The molecule has 15 heavy (non-hydrogen) atoms. The predicted octanol–water partition coefficient (Wildman–Crippen LogP) is 2.14. The first-order chi connectivity index (χ1) is 6.95. The van der Waals surface area contributed by atoms with Gasteiger partial charge < -0.3 is 9.47 Å². The van der Waals surface area contributed by atoms with Gasteiger partial charge in [0.15, 0.2) is 5.79 Å². The summed E-state index contributed by atoms with van der Waals surface area (Å²) in [5.74, 6) is -0.0675. The molecule has 0 aromatic rings. The molecule has 2 aliphatic rings. The quantitative estimate of drug-likeness (QED) is 0.617. The molecule has 0 bridgehead atoms. The molecule has 1 aliphatic heterocycles. The van der Waals surface area contributed by atoms with Crippen molar-refractivity contribution in [2.45, 2.75) is 45.8 Å². The molecule has 1 aliphatic carbocycles. The second-order valence-corrected chi connectivity index (χ2v) is 5.46. The Bertz CT molecular complexity index is 264. The Kier molecular flexibility index (Phi) is 2.63. The Morgan fingerprint density at radius 3 is 2.40 bits per heavy atom. The molecule has 0 amide bonds. The highest BCUT2D eigenvalue weighted by molar-refractivity contribution is 5.86. The number of carbonyl (C=O) groups excluding carboxylic acids is 1. The van der Waals surface area contributed by atoms with Crippen molar-refractivity contribution in [3.8, 4) is 0 Å². The average molecular weight is 212 g/mol. The van der Waals surface area contributed by atoms with Crippen LogP contribution < -0.4 is 0 Å². The van der Waals surface area contributed by atoms with Crippen molar-refractivity contribution < 1.29 is 14.3 Å². The first kappa shape index (κ1) is 11.1. The predicted molar refractivity (Wildman–Crippen MR) is 56.4 cm³/mol. The number of ketones is 1. The van der Waals surface area contributed by atoms with Crippen LogP contribution in [0.4, 0.5) is 0 Å². The SMILES string of the molecule is C[C@H]1CC2(CCC(C)(C)C1=O)OCCO2. The van der Waals surface area contributed by atoms with Crippen LogP contribution in [0.2, 0.25) is 0 Å². The normalized spacial score (nSPS) is 34.3. The first-order valence-electron chi connectivity index (χ1n) is 5.77. The van der Waals surface area contributed by atoms with E-state index in [1.807, 2.05) is 20.8 Å². The number of ether oxygens (including phenoxy) is 2. The third-order valence-electron chi connectivity index (χ3n) is 3.68. The lowest BCUT2D eigenvalue weighted by Gasteiger charge is -2.27. The van der Waals surface area contributed by atoms with Gasteiger partial charge in [0.05, 0.1) is 13.2 Å². The number of rotatable bonds is 0. The second kappa shape index (κ2) is 3.56. The van der Waals surface area contributed by atoms with Gasteiger partial charge >= 0.3 is 0 Å². The first-order valence-corrected chi connectivity index (χ1v) is 5.77. The van der Waals surface area contributed by atoms with Crippen molar-refractivity contribution in [2.75, 3.05) is 13.2 Å². The molecule has 3 heteroatoms. The standard InChI is InChI=1S/C12H20O3/c1-9-8-12(14-6-7-15-12)5-4-11(2,3)10(9)13/h9H,4-8H2,1-3H3/t9-/m0/s1. The maximum Gasteiger partial charge on any atom is 0.169 e. The second-order valence-electron chi connectivity index (χ2n) is 5.46. The van der Waals surface area contributed by atoms with Crippen molar-refractivity contribution in [1.82, 2.24) is 0 Å². The fraction of sp³-hybridized carbons (Fsp3) is 0.917. The van der Waals surface area contributed by atoms with E-state index < -0.39 is 5.79 Å². The smallest absolute Gasteiger partial charge is 0.169 e. The molecular formula is C12H20O3. The Morgan fingerprint density at radius 2 is 1.80 bits per heavy atom. The highest BCUT2D eigenvalue weighted by atomic mass is 16.7. The van der Waals surface area contributed by atoms with Crippen LogP contribution in [-0.2, 0) is 14.3 Å². The molecule has 1 atom stereocenters. The lowest BCUT2D eigenvalue weighted by atomic mass is 9.80. The molecule has 0 aromatic heterocycles. The molecule has 1 saturated carbocycles. The van der Waals surface area contributed by atoms with Gasteiger partial charge in [-0.05, 0) is 6.42 Å².